The molecule has 1 aliphatic rings. The van der Waals surface area contributed by atoms with Crippen molar-refractivity contribution in [1.29, 1.82) is 0 Å². The van der Waals surface area contributed by atoms with E-state index in [0.717, 1.165) is 34.2 Å². The number of carbonyl (C=O) groups is 3. The largest absolute Gasteiger partial charge is 0.462 e. The topological polar surface area (TPSA) is 110 Å². The average molecular weight is 495 g/mol. The minimum atomic E-state index is -0.486. The van der Waals surface area contributed by atoms with Gasteiger partial charge in [-0.1, -0.05) is 83.8 Å². The number of aliphatic imine (C=N–C) groups is 1. The van der Waals surface area contributed by atoms with Crippen LogP contribution in [0.2, 0.25) is 0 Å². The van der Waals surface area contributed by atoms with Gasteiger partial charge in [0.2, 0.25) is 11.8 Å². The third kappa shape index (κ3) is 5.89. The Bertz CT molecular complexity index is 1210. The molecular weight excluding hydrogens is 472 g/mol. The Hall–Kier alpha value is -3.50. The molecule has 2 amide bonds. The summed E-state index contributed by atoms with van der Waals surface area (Å²) in [6.45, 7) is 1.97. The van der Waals surface area contributed by atoms with E-state index in [1.807, 2.05) is 60.7 Å². The average Bonchev–Trinajstić information content (AvgIpc) is 3.27. The fourth-order valence-electron chi connectivity index (χ4n) is 3.30. The highest BCUT2D eigenvalue weighted by molar-refractivity contribution is 8.14. The van der Waals surface area contributed by atoms with Crippen molar-refractivity contribution in [3.8, 4) is 11.3 Å². The van der Waals surface area contributed by atoms with Crippen LogP contribution in [0, 0.1) is 0 Å². The zero-order chi connectivity index (χ0) is 23.9. The van der Waals surface area contributed by atoms with Gasteiger partial charge in [0.25, 0.3) is 0 Å². The number of esters is 1. The number of anilines is 1. The van der Waals surface area contributed by atoms with E-state index in [-0.39, 0.29) is 36.6 Å². The summed E-state index contributed by atoms with van der Waals surface area (Å²) < 4.78 is 5.15. The summed E-state index contributed by atoms with van der Waals surface area (Å²) in [5.41, 5.74) is 2.16. The molecule has 1 aliphatic heterocycles. The van der Waals surface area contributed by atoms with Gasteiger partial charge in [-0.25, -0.2) is 9.78 Å². The van der Waals surface area contributed by atoms with Crippen LogP contribution in [0.3, 0.4) is 0 Å². The van der Waals surface area contributed by atoms with Crippen molar-refractivity contribution in [3.63, 3.8) is 0 Å². The molecule has 0 fully saturated rings. The molecule has 0 unspecified atom stereocenters. The highest BCUT2D eigenvalue weighted by Crippen LogP contribution is 2.32. The van der Waals surface area contributed by atoms with Crippen LogP contribution >= 0.6 is 23.1 Å². The Morgan fingerprint density at radius 1 is 1.15 bits per heavy atom. The standard InChI is InChI=1S/C24H22N4O4S2/c1-2-32-22(31)21-20(16-11-7-4-8-12-16)28-24(34-21)27-19(30)14-33-23-25-17(13-18(29)26-23)15-9-5-3-6-10-15/h3-12,17H,2,13-14H2,1H3,(H,25,26,29)(H,27,28,30)/t17-/m0/s1. The summed E-state index contributed by atoms with van der Waals surface area (Å²) in [6.07, 6.45) is 0.262. The molecule has 0 spiro atoms. The van der Waals surface area contributed by atoms with Gasteiger partial charge in [0, 0.05) is 5.56 Å². The van der Waals surface area contributed by atoms with Gasteiger partial charge in [0.15, 0.2) is 10.3 Å². The van der Waals surface area contributed by atoms with Crippen LogP contribution in [0.25, 0.3) is 11.3 Å². The second-order valence-corrected chi connectivity index (χ2v) is 9.20. The van der Waals surface area contributed by atoms with Gasteiger partial charge in [-0.05, 0) is 12.5 Å². The van der Waals surface area contributed by atoms with Crippen LogP contribution in [0.15, 0.2) is 65.7 Å². The number of aromatic nitrogens is 1. The van der Waals surface area contributed by atoms with E-state index >= 15 is 0 Å². The summed E-state index contributed by atoms with van der Waals surface area (Å²) >= 11 is 2.20. The number of carbonyl (C=O) groups excluding carboxylic acids is 3. The van der Waals surface area contributed by atoms with Gasteiger partial charge in [-0.15, -0.1) is 0 Å². The maximum atomic E-state index is 12.6. The van der Waals surface area contributed by atoms with Crippen molar-refractivity contribution in [1.82, 2.24) is 10.3 Å². The van der Waals surface area contributed by atoms with Crippen LogP contribution in [-0.4, -0.2) is 40.3 Å². The zero-order valence-corrected chi connectivity index (χ0v) is 19.9. The third-order valence-corrected chi connectivity index (χ3v) is 6.64. The zero-order valence-electron chi connectivity index (χ0n) is 18.3. The van der Waals surface area contributed by atoms with Gasteiger partial charge in [0.1, 0.15) is 4.88 Å². The SMILES string of the molecule is CCOC(=O)c1sc(NC(=O)CSC2=N[C@H](c3ccccc3)CC(=O)N2)nc1-c1ccccc1. The van der Waals surface area contributed by atoms with Gasteiger partial charge >= 0.3 is 5.97 Å². The number of nitrogens with one attached hydrogen (secondary N) is 2. The molecule has 1 aromatic heterocycles. The first-order valence-electron chi connectivity index (χ1n) is 10.6. The fraction of sp³-hybridized carbons (Fsp3) is 0.208. The molecule has 2 N–H and O–H groups in total. The minimum absolute atomic E-state index is 0.0234. The summed E-state index contributed by atoms with van der Waals surface area (Å²) in [7, 11) is 0. The smallest absolute Gasteiger partial charge is 0.350 e. The minimum Gasteiger partial charge on any atom is -0.462 e. The van der Waals surface area contributed by atoms with E-state index in [1.54, 1.807) is 6.92 Å². The van der Waals surface area contributed by atoms with Crippen molar-refractivity contribution in [2.24, 2.45) is 4.99 Å². The number of thioether (sulfide) groups is 1. The number of hydrogen-bond acceptors (Lipinski definition) is 8. The predicted molar refractivity (Wildman–Crippen MR) is 134 cm³/mol. The van der Waals surface area contributed by atoms with E-state index in [9.17, 15) is 14.4 Å². The number of rotatable bonds is 7. The normalized spacial score (nSPS) is 15.3. The molecule has 4 rings (SSSR count). The Balaban J connectivity index is 1.44. The molecule has 0 saturated carbocycles. The lowest BCUT2D eigenvalue weighted by molar-refractivity contribution is -0.120. The summed E-state index contributed by atoms with van der Waals surface area (Å²) in [6, 6.07) is 18.5. The van der Waals surface area contributed by atoms with Gasteiger partial charge in [0.05, 0.1) is 30.5 Å². The molecule has 174 valence electrons. The van der Waals surface area contributed by atoms with Crippen LogP contribution in [0.1, 0.15) is 34.6 Å². The fourth-order valence-corrected chi connectivity index (χ4v) is 4.92. The lowest BCUT2D eigenvalue weighted by Gasteiger charge is -2.20. The molecule has 0 saturated heterocycles. The maximum absolute atomic E-state index is 12.6. The summed E-state index contributed by atoms with van der Waals surface area (Å²) in [4.78, 5) is 46.5. The van der Waals surface area contributed by atoms with E-state index < -0.39 is 5.97 Å². The Labute approximate surface area is 204 Å². The Kier molecular flexibility index (Phi) is 7.71. The maximum Gasteiger partial charge on any atom is 0.350 e. The van der Waals surface area contributed by atoms with Crippen LogP contribution in [0.4, 0.5) is 5.13 Å². The molecule has 0 bridgehead atoms. The van der Waals surface area contributed by atoms with Crippen LogP contribution in [0.5, 0.6) is 0 Å². The first-order chi connectivity index (χ1) is 16.5. The van der Waals surface area contributed by atoms with Crippen molar-refractivity contribution >= 4 is 51.2 Å². The highest BCUT2D eigenvalue weighted by atomic mass is 32.2. The summed E-state index contributed by atoms with van der Waals surface area (Å²) in [5, 5.41) is 6.15. The van der Waals surface area contributed by atoms with Crippen molar-refractivity contribution < 1.29 is 19.1 Å². The van der Waals surface area contributed by atoms with E-state index in [0.29, 0.717) is 20.9 Å². The number of amides is 2. The number of thiazole rings is 1. The van der Waals surface area contributed by atoms with E-state index in [1.165, 1.54) is 0 Å². The number of amidine groups is 1. The molecule has 2 aromatic carbocycles. The Morgan fingerprint density at radius 3 is 2.56 bits per heavy atom. The monoisotopic (exact) mass is 494 g/mol. The second kappa shape index (κ2) is 11.1. The van der Waals surface area contributed by atoms with Crippen LogP contribution < -0.4 is 10.6 Å². The first-order valence-corrected chi connectivity index (χ1v) is 12.4. The number of benzene rings is 2. The van der Waals surface area contributed by atoms with Crippen molar-refractivity contribution in [2.75, 3.05) is 17.7 Å². The Morgan fingerprint density at radius 2 is 1.85 bits per heavy atom. The van der Waals surface area contributed by atoms with Crippen molar-refractivity contribution in [3.05, 3.63) is 71.1 Å². The molecule has 3 aromatic rings. The second-order valence-electron chi connectivity index (χ2n) is 7.23. The lowest BCUT2D eigenvalue weighted by atomic mass is 10.0. The molecule has 0 radical (unpaired) electrons. The van der Waals surface area contributed by atoms with Gasteiger partial charge in [-0.3, -0.25) is 14.6 Å². The number of nitrogens with zero attached hydrogens (tertiary/aromatic N) is 2. The quantitative estimate of drug-likeness (QED) is 0.475. The van der Waals surface area contributed by atoms with Crippen LogP contribution in [-0.2, 0) is 14.3 Å². The highest BCUT2D eigenvalue weighted by Gasteiger charge is 2.24. The number of hydrogen-bond donors (Lipinski definition) is 2. The van der Waals surface area contributed by atoms with Gasteiger partial charge in [-0.2, -0.15) is 0 Å². The van der Waals surface area contributed by atoms with Crippen molar-refractivity contribution in [2.45, 2.75) is 19.4 Å². The third-order valence-electron chi connectivity index (χ3n) is 4.80. The summed E-state index contributed by atoms with van der Waals surface area (Å²) in [5.74, 6) is -0.930. The molecule has 34 heavy (non-hydrogen) atoms. The molecule has 8 nitrogen and oxygen atoms in total. The molecular formula is C24H22N4O4S2. The lowest BCUT2D eigenvalue weighted by Crippen LogP contribution is -2.35. The van der Waals surface area contributed by atoms with E-state index in [4.69, 9.17) is 4.74 Å². The first kappa shape index (κ1) is 23.7. The molecule has 10 heteroatoms. The number of ether oxygens (including phenoxy) is 1. The predicted octanol–water partition coefficient (Wildman–Crippen LogP) is 4.28. The molecule has 0 aliphatic carbocycles. The molecule has 1 atom stereocenters. The van der Waals surface area contributed by atoms with Gasteiger partial charge < -0.3 is 15.4 Å². The van der Waals surface area contributed by atoms with E-state index in [2.05, 4.69) is 20.6 Å². The molecule has 2 heterocycles.